The second-order valence-corrected chi connectivity index (χ2v) is 5.16. The molecule has 1 heterocycles. The number of nitro benzene ring substituents is 1. The van der Waals surface area contributed by atoms with Gasteiger partial charge in [-0.25, -0.2) is 0 Å². The molecule has 1 aliphatic rings. The van der Waals surface area contributed by atoms with E-state index in [2.05, 4.69) is 5.32 Å². The van der Waals surface area contributed by atoms with Crippen LogP contribution in [0.5, 0.6) is 0 Å². The number of nitrogens with one attached hydrogen (secondary N) is 1. The van der Waals surface area contributed by atoms with E-state index in [1.165, 1.54) is 25.2 Å². The molecular weight excluding hydrogens is 290 g/mol. The van der Waals surface area contributed by atoms with Gasteiger partial charge in [0, 0.05) is 31.8 Å². The number of carbonyl (C=O) groups is 2. The van der Waals surface area contributed by atoms with Crippen molar-refractivity contribution in [3.8, 4) is 0 Å². The van der Waals surface area contributed by atoms with Gasteiger partial charge in [0.15, 0.2) is 0 Å². The number of benzene rings is 1. The Morgan fingerprint density at radius 2 is 2.18 bits per heavy atom. The van der Waals surface area contributed by atoms with Crippen LogP contribution in [0.15, 0.2) is 18.2 Å². The molecule has 0 aliphatic carbocycles. The van der Waals surface area contributed by atoms with Crippen LogP contribution in [0.25, 0.3) is 0 Å². The molecule has 8 heteroatoms. The zero-order chi connectivity index (χ0) is 16.3. The summed E-state index contributed by atoms with van der Waals surface area (Å²) in [6, 6.07) is 4.23. The average molecular weight is 307 g/mol. The monoisotopic (exact) mass is 307 g/mol. The van der Waals surface area contributed by atoms with Gasteiger partial charge in [-0.15, -0.1) is 0 Å². The summed E-state index contributed by atoms with van der Waals surface area (Å²) in [5.41, 5.74) is 0.362. The first-order valence-corrected chi connectivity index (χ1v) is 6.92. The van der Waals surface area contributed by atoms with Crippen molar-refractivity contribution in [3.63, 3.8) is 0 Å². The van der Waals surface area contributed by atoms with Crippen LogP contribution in [0, 0.1) is 16.0 Å². The van der Waals surface area contributed by atoms with Crippen molar-refractivity contribution >= 4 is 23.3 Å². The van der Waals surface area contributed by atoms with E-state index in [-0.39, 0.29) is 17.8 Å². The lowest BCUT2D eigenvalue weighted by atomic mass is 9.97. The summed E-state index contributed by atoms with van der Waals surface area (Å²) in [5.74, 6) is -1.84. The zero-order valence-corrected chi connectivity index (χ0v) is 12.1. The lowest BCUT2D eigenvalue weighted by molar-refractivity contribution is -0.384. The molecule has 1 saturated heterocycles. The Hall–Kier alpha value is -2.64. The molecule has 1 aromatic carbocycles. The molecule has 0 aromatic heterocycles. The van der Waals surface area contributed by atoms with E-state index >= 15 is 0 Å². The van der Waals surface area contributed by atoms with E-state index < -0.39 is 22.7 Å². The number of anilines is 1. The molecule has 1 aliphatic heterocycles. The smallest absolute Gasteiger partial charge is 0.308 e. The van der Waals surface area contributed by atoms with Crippen molar-refractivity contribution in [3.05, 3.63) is 33.9 Å². The van der Waals surface area contributed by atoms with E-state index in [9.17, 15) is 19.7 Å². The fourth-order valence-corrected chi connectivity index (χ4v) is 2.62. The first-order chi connectivity index (χ1) is 10.4. The Balaban J connectivity index is 2.35. The molecule has 1 atom stereocenters. The molecule has 118 valence electrons. The van der Waals surface area contributed by atoms with Crippen molar-refractivity contribution in [1.82, 2.24) is 5.32 Å². The van der Waals surface area contributed by atoms with E-state index in [1.807, 2.05) is 0 Å². The van der Waals surface area contributed by atoms with Gasteiger partial charge in [-0.05, 0) is 25.0 Å². The highest BCUT2D eigenvalue weighted by molar-refractivity contribution is 5.95. The summed E-state index contributed by atoms with van der Waals surface area (Å²) in [6.45, 7) is 0.791. The first-order valence-electron chi connectivity index (χ1n) is 6.92. The van der Waals surface area contributed by atoms with Gasteiger partial charge < -0.3 is 15.3 Å². The second-order valence-electron chi connectivity index (χ2n) is 5.16. The number of carboxylic acid groups (broad SMARTS) is 1. The molecule has 1 unspecified atom stereocenters. The molecule has 8 nitrogen and oxygen atoms in total. The lowest BCUT2D eigenvalue weighted by Gasteiger charge is -2.32. The van der Waals surface area contributed by atoms with Crippen molar-refractivity contribution < 1.29 is 19.6 Å². The van der Waals surface area contributed by atoms with Crippen molar-refractivity contribution in [2.45, 2.75) is 12.8 Å². The maximum Gasteiger partial charge on any atom is 0.308 e. The van der Waals surface area contributed by atoms with Gasteiger partial charge in [0.1, 0.15) is 5.69 Å². The van der Waals surface area contributed by atoms with Crippen LogP contribution >= 0.6 is 0 Å². The molecule has 1 fully saturated rings. The number of aliphatic carboxylic acids is 1. The average Bonchev–Trinajstić information content (AvgIpc) is 2.53. The molecule has 22 heavy (non-hydrogen) atoms. The number of carbonyl (C=O) groups excluding carboxylic acids is 1. The predicted molar refractivity (Wildman–Crippen MR) is 79.1 cm³/mol. The van der Waals surface area contributed by atoms with Gasteiger partial charge in [-0.2, -0.15) is 0 Å². The number of hydrogen-bond acceptors (Lipinski definition) is 5. The summed E-state index contributed by atoms with van der Waals surface area (Å²) in [6.07, 6.45) is 1.22. The SMILES string of the molecule is CNC(=O)c1ccc(N2CCCC(C(=O)O)C2)c([N+](=O)[O-])c1. The van der Waals surface area contributed by atoms with Crippen LogP contribution < -0.4 is 10.2 Å². The van der Waals surface area contributed by atoms with Gasteiger partial charge in [0.05, 0.1) is 10.8 Å². The highest BCUT2D eigenvalue weighted by Crippen LogP contribution is 2.32. The molecule has 2 N–H and O–H groups in total. The molecule has 0 saturated carbocycles. The van der Waals surface area contributed by atoms with Gasteiger partial charge in [-0.1, -0.05) is 0 Å². The molecule has 0 radical (unpaired) electrons. The van der Waals surface area contributed by atoms with Crippen LogP contribution in [-0.2, 0) is 4.79 Å². The molecule has 2 rings (SSSR count). The summed E-state index contributed by atoms with van der Waals surface area (Å²) >= 11 is 0. The second kappa shape index (κ2) is 6.42. The Kier molecular flexibility index (Phi) is 4.59. The third kappa shape index (κ3) is 3.16. The summed E-state index contributed by atoms with van der Waals surface area (Å²) in [5, 5.41) is 22.8. The number of hydrogen-bond donors (Lipinski definition) is 2. The Labute approximate surface area is 126 Å². The van der Waals surface area contributed by atoms with E-state index in [4.69, 9.17) is 5.11 Å². The summed E-state index contributed by atoms with van der Waals surface area (Å²) in [4.78, 5) is 35.1. The summed E-state index contributed by atoms with van der Waals surface area (Å²) in [7, 11) is 1.45. The maximum absolute atomic E-state index is 11.6. The quantitative estimate of drug-likeness (QED) is 0.639. The minimum absolute atomic E-state index is 0.188. The van der Waals surface area contributed by atoms with Crippen LogP contribution in [0.1, 0.15) is 23.2 Å². The number of carboxylic acids is 1. The Bertz CT molecular complexity index is 616. The van der Waals surface area contributed by atoms with Gasteiger partial charge in [0.25, 0.3) is 11.6 Å². The normalized spacial score (nSPS) is 17.9. The highest BCUT2D eigenvalue weighted by Gasteiger charge is 2.29. The van der Waals surface area contributed by atoms with Crippen molar-refractivity contribution in [2.24, 2.45) is 5.92 Å². The minimum Gasteiger partial charge on any atom is -0.481 e. The van der Waals surface area contributed by atoms with Crippen LogP contribution in [0.2, 0.25) is 0 Å². The number of piperidine rings is 1. The fourth-order valence-electron chi connectivity index (χ4n) is 2.62. The lowest BCUT2D eigenvalue weighted by Crippen LogP contribution is -2.39. The standard InChI is InChI=1S/C14H17N3O5/c1-15-13(18)9-4-5-11(12(7-9)17(21)22)16-6-2-3-10(8-16)14(19)20/h4-5,7,10H,2-3,6,8H2,1H3,(H,15,18)(H,19,20). The topological polar surface area (TPSA) is 113 Å². The van der Waals surface area contributed by atoms with E-state index in [0.717, 1.165) is 0 Å². The first kappa shape index (κ1) is 15.7. The van der Waals surface area contributed by atoms with E-state index in [0.29, 0.717) is 25.1 Å². The Morgan fingerprint density at radius 3 is 2.77 bits per heavy atom. The van der Waals surface area contributed by atoms with Gasteiger partial charge in [-0.3, -0.25) is 19.7 Å². The molecular formula is C14H17N3O5. The van der Waals surface area contributed by atoms with Crippen LogP contribution in [0.3, 0.4) is 0 Å². The van der Waals surface area contributed by atoms with Gasteiger partial charge >= 0.3 is 5.97 Å². The third-order valence-corrected chi connectivity index (χ3v) is 3.77. The van der Waals surface area contributed by atoms with Crippen molar-refractivity contribution in [2.75, 3.05) is 25.0 Å². The van der Waals surface area contributed by atoms with Crippen molar-refractivity contribution in [1.29, 1.82) is 0 Å². The highest BCUT2D eigenvalue weighted by atomic mass is 16.6. The number of nitrogens with zero attached hydrogens (tertiary/aromatic N) is 2. The van der Waals surface area contributed by atoms with Gasteiger partial charge in [0.2, 0.25) is 0 Å². The zero-order valence-electron chi connectivity index (χ0n) is 12.1. The largest absolute Gasteiger partial charge is 0.481 e. The maximum atomic E-state index is 11.6. The molecule has 1 amide bonds. The predicted octanol–water partition coefficient (Wildman–Crippen LogP) is 1.26. The Morgan fingerprint density at radius 1 is 1.45 bits per heavy atom. The van der Waals surface area contributed by atoms with Crippen LogP contribution in [-0.4, -0.2) is 42.0 Å². The van der Waals surface area contributed by atoms with E-state index in [1.54, 1.807) is 4.90 Å². The summed E-state index contributed by atoms with van der Waals surface area (Å²) < 4.78 is 0. The minimum atomic E-state index is -0.894. The molecule has 0 spiro atoms. The number of rotatable bonds is 4. The number of amides is 1. The molecule has 1 aromatic rings. The third-order valence-electron chi connectivity index (χ3n) is 3.77. The molecule has 0 bridgehead atoms. The number of nitro groups is 1. The fraction of sp³-hybridized carbons (Fsp3) is 0.429. The van der Waals surface area contributed by atoms with Crippen LogP contribution in [0.4, 0.5) is 11.4 Å².